The van der Waals surface area contributed by atoms with Crippen LogP contribution in [0.5, 0.6) is 0 Å². The summed E-state index contributed by atoms with van der Waals surface area (Å²) in [6.45, 7) is 0.370. The second-order valence-electron chi connectivity index (χ2n) is 3.53. The maximum atomic E-state index is 13.4. The van der Waals surface area contributed by atoms with Gasteiger partial charge >= 0.3 is 0 Å². The van der Waals surface area contributed by atoms with Gasteiger partial charge in [0.05, 0.1) is 6.54 Å². The van der Waals surface area contributed by atoms with Crippen molar-refractivity contribution >= 4 is 23.1 Å². The molecule has 0 aliphatic rings. The van der Waals surface area contributed by atoms with Crippen molar-refractivity contribution in [3.05, 3.63) is 52.0 Å². The molecule has 0 aliphatic carbocycles. The Hall–Kier alpha value is -1.28. The van der Waals surface area contributed by atoms with E-state index in [9.17, 15) is 4.39 Å². The Balaban J connectivity index is 1.98. The van der Waals surface area contributed by atoms with Crippen LogP contribution in [-0.2, 0) is 5.75 Å². The Morgan fingerprint density at radius 1 is 1.33 bits per heavy atom. The van der Waals surface area contributed by atoms with Crippen LogP contribution < -0.4 is 5.73 Å². The molecule has 2 N–H and O–H groups in total. The molecule has 0 spiro atoms. The molecule has 18 heavy (non-hydrogen) atoms. The fourth-order valence-corrected chi connectivity index (χ4v) is 3.20. The Kier molecular flexibility index (Phi) is 4.82. The topological polar surface area (TPSA) is 26.0 Å². The van der Waals surface area contributed by atoms with E-state index in [4.69, 9.17) is 5.73 Å². The molecule has 4 heteroatoms. The van der Waals surface area contributed by atoms with Gasteiger partial charge in [-0.05, 0) is 18.2 Å². The van der Waals surface area contributed by atoms with Gasteiger partial charge in [-0.2, -0.15) is 0 Å². The van der Waals surface area contributed by atoms with Gasteiger partial charge < -0.3 is 5.73 Å². The number of nitrogens with two attached hydrogens (primary N) is 1. The van der Waals surface area contributed by atoms with Crippen molar-refractivity contribution in [3.8, 4) is 11.8 Å². The largest absolute Gasteiger partial charge is 0.320 e. The van der Waals surface area contributed by atoms with Crippen LogP contribution in [-0.4, -0.2) is 6.54 Å². The maximum Gasteiger partial charge on any atom is 0.136 e. The second-order valence-corrected chi connectivity index (χ2v) is 5.54. The summed E-state index contributed by atoms with van der Waals surface area (Å²) >= 11 is 3.14. The summed E-state index contributed by atoms with van der Waals surface area (Å²) in [6, 6.07) is 8.85. The molecule has 0 aliphatic heterocycles. The quantitative estimate of drug-likeness (QED) is 0.686. The molecule has 0 unspecified atom stereocenters. The van der Waals surface area contributed by atoms with Crippen LogP contribution in [0.1, 0.15) is 10.4 Å². The molecule has 1 heterocycles. The molecule has 1 nitrogen and oxygen atoms in total. The van der Waals surface area contributed by atoms with Crippen molar-refractivity contribution in [2.75, 3.05) is 6.54 Å². The maximum absolute atomic E-state index is 13.4. The minimum atomic E-state index is -0.165. The standard InChI is InChI=1S/C14H12FNS2/c15-13-5-1-2-6-14(13)18-10-12-8-11(9-17-12)4-3-7-16/h1-2,5-6,8-9H,7,10,16H2. The van der Waals surface area contributed by atoms with Gasteiger partial charge in [-0.25, -0.2) is 4.39 Å². The summed E-state index contributed by atoms with van der Waals surface area (Å²) in [5, 5.41) is 2.00. The number of hydrogen-bond donors (Lipinski definition) is 1. The van der Waals surface area contributed by atoms with Crippen molar-refractivity contribution in [1.82, 2.24) is 0 Å². The highest BCUT2D eigenvalue weighted by Gasteiger charge is 2.03. The molecule has 0 bridgehead atoms. The van der Waals surface area contributed by atoms with Gasteiger partial charge in [0.1, 0.15) is 5.82 Å². The molecule has 92 valence electrons. The average Bonchev–Trinajstić information content (AvgIpc) is 2.83. The van der Waals surface area contributed by atoms with Crippen LogP contribution in [0.15, 0.2) is 40.6 Å². The van der Waals surface area contributed by atoms with Crippen molar-refractivity contribution in [1.29, 1.82) is 0 Å². The van der Waals surface area contributed by atoms with Crippen LogP contribution >= 0.6 is 23.1 Å². The first kappa shape index (κ1) is 13.2. The fraction of sp³-hybridized carbons (Fsp3) is 0.143. The van der Waals surface area contributed by atoms with E-state index in [1.165, 1.54) is 22.7 Å². The van der Waals surface area contributed by atoms with E-state index in [-0.39, 0.29) is 5.82 Å². The van der Waals surface area contributed by atoms with Crippen LogP contribution in [0.2, 0.25) is 0 Å². The van der Waals surface area contributed by atoms with Gasteiger partial charge in [0.25, 0.3) is 0 Å². The van der Waals surface area contributed by atoms with Gasteiger partial charge in [0, 0.05) is 26.5 Å². The van der Waals surface area contributed by atoms with E-state index in [0.29, 0.717) is 11.4 Å². The molecule has 0 amide bonds. The highest BCUT2D eigenvalue weighted by atomic mass is 32.2. The Labute approximate surface area is 114 Å². The monoisotopic (exact) mass is 277 g/mol. The second kappa shape index (κ2) is 6.60. The molecule has 0 saturated heterocycles. The molecule has 0 radical (unpaired) electrons. The average molecular weight is 277 g/mol. The molecule has 0 atom stereocenters. The lowest BCUT2D eigenvalue weighted by Gasteiger charge is -2.00. The minimum absolute atomic E-state index is 0.165. The summed E-state index contributed by atoms with van der Waals surface area (Å²) in [5.74, 6) is 6.40. The van der Waals surface area contributed by atoms with Gasteiger partial charge in [-0.3, -0.25) is 0 Å². The normalized spacial score (nSPS) is 9.89. The Morgan fingerprint density at radius 2 is 2.17 bits per heavy atom. The third kappa shape index (κ3) is 3.61. The van der Waals surface area contributed by atoms with Gasteiger partial charge in [0.2, 0.25) is 0 Å². The zero-order valence-electron chi connectivity index (χ0n) is 9.65. The van der Waals surface area contributed by atoms with E-state index in [1.807, 2.05) is 17.5 Å². The zero-order valence-corrected chi connectivity index (χ0v) is 11.3. The summed E-state index contributed by atoms with van der Waals surface area (Å²) in [6.07, 6.45) is 0. The first-order chi connectivity index (χ1) is 8.79. The molecule has 2 rings (SSSR count). The Morgan fingerprint density at radius 3 is 2.94 bits per heavy atom. The van der Waals surface area contributed by atoms with Crippen LogP contribution in [0.3, 0.4) is 0 Å². The van der Waals surface area contributed by atoms with Crippen molar-refractivity contribution < 1.29 is 4.39 Å². The predicted molar refractivity (Wildman–Crippen MR) is 76.2 cm³/mol. The van der Waals surface area contributed by atoms with Gasteiger partial charge in [-0.1, -0.05) is 24.0 Å². The van der Waals surface area contributed by atoms with Crippen molar-refractivity contribution in [2.45, 2.75) is 10.6 Å². The minimum Gasteiger partial charge on any atom is -0.320 e. The number of thioether (sulfide) groups is 1. The van der Waals surface area contributed by atoms with Crippen LogP contribution in [0.25, 0.3) is 0 Å². The number of rotatable bonds is 3. The zero-order chi connectivity index (χ0) is 12.8. The molecule has 2 aromatic rings. The van der Waals surface area contributed by atoms with Gasteiger partial charge in [-0.15, -0.1) is 23.1 Å². The highest BCUT2D eigenvalue weighted by molar-refractivity contribution is 7.98. The molecule has 0 fully saturated rings. The Bertz CT molecular complexity index is 581. The number of benzene rings is 1. The summed E-state index contributed by atoms with van der Waals surface area (Å²) in [7, 11) is 0. The van der Waals surface area contributed by atoms with E-state index in [2.05, 4.69) is 11.8 Å². The summed E-state index contributed by atoms with van der Waals surface area (Å²) in [5.41, 5.74) is 6.30. The molecule has 1 aromatic carbocycles. The third-order valence-electron chi connectivity index (χ3n) is 2.20. The number of halogens is 1. The highest BCUT2D eigenvalue weighted by Crippen LogP contribution is 2.27. The van der Waals surface area contributed by atoms with E-state index < -0.39 is 0 Å². The SMILES string of the molecule is NCC#Cc1csc(CSc2ccccc2F)c1. The lowest BCUT2D eigenvalue weighted by Crippen LogP contribution is -1.92. The van der Waals surface area contributed by atoms with E-state index >= 15 is 0 Å². The number of hydrogen-bond acceptors (Lipinski definition) is 3. The predicted octanol–water partition coefficient (Wildman–Crippen LogP) is 3.49. The first-order valence-corrected chi connectivity index (χ1v) is 7.30. The third-order valence-corrected chi connectivity index (χ3v) is 4.41. The molecule has 1 aromatic heterocycles. The smallest absolute Gasteiger partial charge is 0.136 e. The molecular formula is C14H12FNS2. The summed E-state index contributed by atoms with van der Waals surface area (Å²) in [4.78, 5) is 1.87. The van der Waals surface area contributed by atoms with Crippen molar-refractivity contribution in [3.63, 3.8) is 0 Å². The first-order valence-electron chi connectivity index (χ1n) is 5.43. The lowest BCUT2D eigenvalue weighted by molar-refractivity contribution is 0.602. The lowest BCUT2D eigenvalue weighted by atomic mass is 10.3. The van der Waals surface area contributed by atoms with Crippen LogP contribution in [0.4, 0.5) is 4.39 Å². The van der Waals surface area contributed by atoms with Crippen molar-refractivity contribution in [2.24, 2.45) is 5.73 Å². The molecular weight excluding hydrogens is 265 g/mol. The number of thiophene rings is 1. The van der Waals surface area contributed by atoms with Gasteiger partial charge in [0.15, 0.2) is 0 Å². The summed E-state index contributed by atoms with van der Waals surface area (Å²) < 4.78 is 13.4. The molecule has 0 saturated carbocycles. The van der Waals surface area contributed by atoms with E-state index in [0.717, 1.165) is 11.3 Å². The van der Waals surface area contributed by atoms with Crippen LogP contribution in [0, 0.1) is 17.7 Å². The van der Waals surface area contributed by atoms with E-state index in [1.54, 1.807) is 23.5 Å². The fourth-order valence-electron chi connectivity index (χ4n) is 1.39.